The first-order chi connectivity index (χ1) is 39.4. The summed E-state index contributed by atoms with van der Waals surface area (Å²) in [5, 5.41) is 162. The molecular formula is C58H94O26. The van der Waals surface area contributed by atoms with Crippen molar-refractivity contribution < 1.29 is 129 Å². The molecule has 32 atom stereocenters. The Morgan fingerprint density at radius 1 is 0.548 bits per heavy atom. The zero-order valence-electron chi connectivity index (χ0n) is 49.0. The van der Waals surface area contributed by atoms with Crippen LogP contribution in [0.1, 0.15) is 113 Å². The van der Waals surface area contributed by atoms with E-state index in [1.54, 1.807) is 0 Å². The molecule has 10 rings (SSSR count). The number of aliphatic hydroxyl groups excluding tert-OH is 15. The zero-order chi connectivity index (χ0) is 61.1. The molecule has 26 heteroatoms. The molecule has 84 heavy (non-hydrogen) atoms. The van der Waals surface area contributed by atoms with E-state index >= 15 is 4.79 Å². The van der Waals surface area contributed by atoms with Gasteiger partial charge < -0.3 is 124 Å². The first kappa shape index (κ1) is 65.2. The molecular weight excluding hydrogens is 1110 g/mol. The van der Waals surface area contributed by atoms with Gasteiger partial charge in [0.05, 0.1) is 50.7 Å². The average molecular weight is 1210 g/mol. The van der Waals surface area contributed by atoms with E-state index < -0.39 is 189 Å². The highest BCUT2D eigenvalue weighted by molar-refractivity contribution is 5.79. The van der Waals surface area contributed by atoms with Crippen LogP contribution in [0.5, 0.6) is 0 Å². The van der Waals surface area contributed by atoms with E-state index in [2.05, 4.69) is 40.7 Å². The number of esters is 1. The minimum atomic E-state index is -1.90. The molecule has 9 fully saturated rings. The largest absolute Gasteiger partial charge is 0.432 e. The van der Waals surface area contributed by atoms with E-state index in [-0.39, 0.29) is 47.2 Å². The summed E-state index contributed by atoms with van der Waals surface area (Å²) in [4.78, 5) is 15.4. The van der Waals surface area contributed by atoms with Gasteiger partial charge in [0.15, 0.2) is 31.3 Å². The molecule has 0 aromatic heterocycles. The smallest absolute Gasteiger partial charge is 0.315 e. The van der Waals surface area contributed by atoms with Crippen LogP contribution in [0, 0.1) is 50.2 Å². The van der Waals surface area contributed by atoms with E-state index in [1.807, 2.05) is 6.92 Å². The third-order valence-corrected chi connectivity index (χ3v) is 22.9. The molecule has 0 aromatic carbocycles. The Balaban J connectivity index is 0.878. The standard InChI is InChI=1S/C58H94O26/c1-24-34(64)44(81-47-41(71)35(65)27(62)21-75-47)43(73)49(77-24)82-45-36(66)28(63)22-76-50(45)80-33-11-12-54(4)31(55(33,5)23-61)10-13-57(7)32(54)9-8-25-26-18-53(2,3)14-16-58(26,17-15-56(25,57)6)52(74)84-51-46(40(70)38(68)30(20-60)79-51)83-48-42(72)39(69)37(67)29(19-59)78-48/h8,24,26-51,59-73H,9-23H2,1-7H3/t24-,26?,27+,28+,29-,30-,31?,32?,33?,34-,35+,36+,37-,38-,39+,40+,41-,42-,43-,44-,45-,46-,47+,48+,49+,50+,51+,54?,55?,56?,57?,58?/m1/s1. The normalized spacial score (nSPS) is 54.9. The summed E-state index contributed by atoms with van der Waals surface area (Å²) in [6, 6.07) is 0. The molecule has 5 aliphatic carbocycles. The van der Waals surface area contributed by atoms with E-state index in [1.165, 1.54) is 6.92 Å². The second kappa shape index (κ2) is 24.1. The molecule has 26 nitrogen and oxygen atoms in total. The molecule has 4 saturated carbocycles. The molecule has 5 saturated heterocycles. The van der Waals surface area contributed by atoms with Crippen molar-refractivity contribution in [3.05, 3.63) is 11.6 Å². The average Bonchev–Trinajstić information content (AvgIpc) is 1.08. The van der Waals surface area contributed by atoms with Gasteiger partial charge in [-0.3, -0.25) is 4.79 Å². The Bertz CT molecular complexity index is 2330. The SMILES string of the molecule is C[C@H]1O[C@@H](O[C@H]2[C@H](OC3CCC4(C)C(CCC5(C)C4CC=C4C6CC(C)(C)CCC6(C(=O)O[C@@H]6O[C@H](CO)[C@@H](O)[C@H](O)[C@H]6O[C@@H]6O[C@H](CO)[C@@H](O)[C@H](O)[C@H]6O)CCC45C)C3(C)CO)OC[C@H](O)[C@@H]2O)[C@H](O)[C@H](O[C@@H]2OC[C@H](O)[C@H](O)[C@H]2O)[C@@H]1O. The summed E-state index contributed by atoms with van der Waals surface area (Å²) in [7, 11) is 0. The van der Waals surface area contributed by atoms with Crippen LogP contribution >= 0.6 is 0 Å². The molecule has 0 amide bonds. The number of hydrogen-bond donors (Lipinski definition) is 15. The summed E-state index contributed by atoms with van der Waals surface area (Å²) in [5.41, 5.74) is -2.13. The molecule has 5 aliphatic heterocycles. The number of allylic oxidation sites excluding steroid dienone is 2. The van der Waals surface area contributed by atoms with Crippen LogP contribution in [0.15, 0.2) is 11.6 Å². The van der Waals surface area contributed by atoms with Crippen LogP contribution in [0.25, 0.3) is 0 Å². The fourth-order valence-electron chi connectivity index (χ4n) is 17.4. The third kappa shape index (κ3) is 10.8. The van der Waals surface area contributed by atoms with Crippen LogP contribution in [0.4, 0.5) is 0 Å². The highest BCUT2D eigenvalue weighted by Gasteiger charge is 2.71. The first-order valence-corrected chi connectivity index (χ1v) is 30.2. The number of rotatable bonds is 13. The van der Waals surface area contributed by atoms with E-state index in [4.69, 9.17) is 47.4 Å². The predicted molar refractivity (Wildman–Crippen MR) is 283 cm³/mol. The van der Waals surface area contributed by atoms with Gasteiger partial charge >= 0.3 is 5.97 Å². The molecule has 0 bridgehead atoms. The Hall–Kier alpha value is -1.75. The highest BCUT2D eigenvalue weighted by Crippen LogP contribution is 2.76. The summed E-state index contributed by atoms with van der Waals surface area (Å²) in [5.74, 6) is -0.960. The first-order valence-electron chi connectivity index (χ1n) is 30.2. The second-order valence-electron chi connectivity index (χ2n) is 28.0. The Morgan fingerprint density at radius 3 is 1.77 bits per heavy atom. The minimum Gasteiger partial charge on any atom is -0.432 e. The summed E-state index contributed by atoms with van der Waals surface area (Å²) in [6.07, 6.45) is -29.3. The molecule has 10 aliphatic rings. The summed E-state index contributed by atoms with van der Waals surface area (Å²) < 4.78 is 60.0. The van der Waals surface area contributed by atoms with Gasteiger partial charge in [-0.2, -0.15) is 0 Å². The van der Waals surface area contributed by atoms with Crippen LogP contribution in [-0.4, -0.2) is 263 Å². The summed E-state index contributed by atoms with van der Waals surface area (Å²) in [6.45, 7) is 12.3. The molecule has 0 radical (unpaired) electrons. The van der Waals surface area contributed by atoms with Gasteiger partial charge in [-0.25, -0.2) is 0 Å². The van der Waals surface area contributed by atoms with Gasteiger partial charge in [0, 0.05) is 5.41 Å². The number of aliphatic hydroxyl groups is 15. The van der Waals surface area contributed by atoms with Crippen molar-refractivity contribution >= 4 is 5.97 Å². The summed E-state index contributed by atoms with van der Waals surface area (Å²) >= 11 is 0. The van der Waals surface area contributed by atoms with Gasteiger partial charge in [0.1, 0.15) is 97.7 Å². The fourth-order valence-corrected chi connectivity index (χ4v) is 17.4. The van der Waals surface area contributed by atoms with Crippen molar-refractivity contribution in [2.24, 2.45) is 50.2 Å². The number of ether oxygens (including phenoxy) is 10. The monoisotopic (exact) mass is 1210 g/mol. The predicted octanol–water partition coefficient (Wildman–Crippen LogP) is -2.93. The van der Waals surface area contributed by atoms with Gasteiger partial charge in [0.25, 0.3) is 0 Å². The van der Waals surface area contributed by atoms with E-state index in [0.717, 1.165) is 12.0 Å². The quantitative estimate of drug-likeness (QED) is 0.0499. The van der Waals surface area contributed by atoms with Crippen molar-refractivity contribution in [3.8, 4) is 0 Å². The molecule has 9 unspecified atom stereocenters. The lowest BCUT2D eigenvalue weighted by atomic mass is 9.33. The molecule has 0 aromatic rings. The topological polar surface area (TPSA) is 413 Å². The lowest BCUT2D eigenvalue weighted by Gasteiger charge is -2.71. The molecule has 15 N–H and O–H groups in total. The zero-order valence-corrected chi connectivity index (χ0v) is 49.0. The maximum atomic E-state index is 15.4. The number of carbonyl (C=O) groups excluding carboxylic acids is 1. The number of carbonyl (C=O) groups is 1. The lowest BCUT2D eigenvalue weighted by molar-refractivity contribution is -0.379. The van der Waals surface area contributed by atoms with Crippen molar-refractivity contribution in [2.75, 3.05) is 33.0 Å². The Labute approximate surface area is 488 Å². The second-order valence-corrected chi connectivity index (χ2v) is 28.0. The maximum Gasteiger partial charge on any atom is 0.315 e. The van der Waals surface area contributed by atoms with Gasteiger partial charge in [-0.05, 0) is 111 Å². The van der Waals surface area contributed by atoms with E-state index in [9.17, 15) is 76.6 Å². The van der Waals surface area contributed by atoms with Crippen LogP contribution in [0.3, 0.4) is 0 Å². The van der Waals surface area contributed by atoms with Crippen LogP contribution < -0.4 is 0 Å². The van der Waals surface area contributed by atoms with Crippen molar-refractivity contribution in [1.82, 2.24) is 0 Å². The fraction of sp³-hybridized carbons (Fsp3) is 0.948. The number of fused-ring (bicyclic) bond motifs is 7. The van der Waals surface area contributed by atoms with Gasteiger partial charge in [0.2, 0.25) is 6.29 Å². The van der Waals surface area contributed by atoms with Crippen LogP contribution in [0.2, 0.25) is 0 Å². The lowest BCUT2D eigenvalue weighted by Crippen LogP contribution is -2.67. The van der Waals surface area contributed by atoms with Crippen molar-refractivity contribution in [1.29, 1.82) is 0 Å². The van der Waals surface area contributed by atoms with E-state index in [0.29, 0.717) is 57.8 Å². The third-order valence-electron chi connectivity index (χ3n) is 22.9. The molecule has 0 spiro atoms. The van der Waals surface area contributed by atoms with Crippen molar-refractivity contribution in [2.45, 2.75) is 260 Å². The molecule has 482 valence electrons. The Morgan fingerprint density at radius 2 is 1.12 bits per heavy atom. The maximum absolute atomic E-state index is 15.4. The van der Waals surface area contributed by atoms with Crippen molar-refractivity contribution in [3.63, 3.8) is 0 Å². The number of hydrogen-bond acceptors (Lipinski definition) is 26. The molecule has 5 heterocycles. The Kier molecular flexibility index (Phi) is 18.7. The minimum absolute atomic E-state index is 0.0875. The van der Waals surface area contributed by atoms with Gasteiger partial charge in [-0.1, -0.05) is 53.2 Å². The van der Waals surface area contributed by atoms with Crippen LogP contribution in [-0.2, 0) is 52.2 Å². The highest BCUT2D eigenvalue weighted by atomic mass is 16.8. The van der Waals surface area contributed by atoms with Gasteiger partial charge in [-0.15, -0.1) is 0 Å².